The van der Waals surface area contributed by atoms with Crippen LogP contribution in [0, 0.1) is 0 Å². The molecule has 0 aliphatic carbocycles. The fraction of sp³-hybridized carbons (Fsp3) is 0.444. The lowest BCUT2D eigenvalue weighted by Crippen LogP contribution is -2.34. The van der Waals surface area contributed by atoms with Crippen LogP contribution in [0.5, 0.6) is 5.75 Å². The zero-order valence-corrected chi connectivity index (χ0v) is 9.30. The summed E-state index contributed by atoms with van der Waals surface area (Å²) in [6.07, 6.45) is 1.32. The first kappa shape index (κ1) is 12.0. The molecule has 1 amide bonds. The first-order valence-electron chi connectivity index (χ1n) is 4.77. The number of likely N-dealkylation sites (N-methyl/N-ethyl adjacent to an activating group) is 1. The van der Waals surface area contributed by atoms with E-state index in [9.17, 15) is 4.79 Å². The predicted octanol–water partition coefficient (Wildman–Crippen LogP) is -0.621. The van der Waals surface area contributed by atoms with Crippen LogP contribution in [-0.2, 0) is 4.79 Å². The lowest BCUT2D eigenvalue weighted by Gasteiger charge is -2.22. The standard InChI is InChI=1S/C9H15N5O2/c1-3-14(4-6(10)15)9-7(16-2)8(11)12-5-13-9/h5H,3-4H2,1-2H3,(H2,10,15)(H2,11,12,13). The molecule has 0 aliphatic rings. The Hall–Kier alpha value is -2.05. The summed E-state index contributed by atoms with van der Waals surface area (Å²) in [5.41, 5.74) is 10.8. The molecule has 1 aromatic heterocycles. The van der Waals surface area contributed by atoms with E-state index in [-0.39, 0.29) is 12.4 Å². The Balaban J connectivity index is 3.08. The van der Waals surface area contributed by atoms with Crippen molar-refractivity contribution in [1.29, 1.82) is 0 Å². The highest BCUT2D eigenvalue weighted by molar-refractivity contribution is 5.80. The van der Waals surface area contributed by atoms with Crippen molar-refractivity contribution in [3.05, 3.63) is 6.33 Å². The van der Waals surface area contributed by atoms with Gasteiger partial charge in [-0.3, -0.25) is 4.79 Å². The third kappa shape index (κ3) is 2.50. The van der Waals surface area contributed by atoms with E-state index in [2.05, 4.69) is 9.97 Å². The fourth-order valence-electron chi connectivity index (χ4n) is 1.32. The van der Waals surface area contributed by atoms with Crippen molar-refractivity contribution < 1.29 is 9.53 Å². The number of hydrogen-bond acceptors (Lipinski definition) is 6. The van der Waals surface area contributed by atoms with Crippen LogP contribution < -0.4 is 21.1 Å². The van der Waals surface area contributed by atoms with Gasteiger partial charge in [-0.2, -0.15) is 0 Å². The smallest absolute Gasteiger partial charge is 0.237 e. The van der Waals surface area contributed by atoms with Crippen LogP contribution in [0.1, 0.15) is 6.92 Å². The predicted molar refractivity (Wildman–Crippen MR) is 60.1 cm³/mol. The maximum absolute atomic E-state index is 10.9. The Labute approximate surface area is 93.4 Å². The Morgan fingerprint density at radius 2 is 2.25 bits per heavy atom. The summed E-state index contributed by atoms with van der Waals surface area (Å²) in [5, 5.41) is 0. The molecule has 0 unspecified atom stereocenters. The Bertz CT molecular complexity index is 382. The molecule has 0 spiro atoms. The average molecular weight is 225 g/mol. The quantitative estimate of drug-likeness (QED) is 0.691. The maximum atomic E-state index is 10.9. The van der Waals surface area contributed by atoms with Gasteiger partial charge in [0.15, 0.2) is 11.6 Å². The molecule has 16 heavy (non-hydrogen) atoms. The van der Waals surface area contributed by atoms with Gasteiger partial charge in [-0.15, -0.1) is 0 Å². The van der Waals surface area contributed by atoms with Crippen molar-refractivity contribution >= 4 is 17.5 Å². The number of primary amides is 1. The van der Waals surface area contributed by atoms with Crippen molar-refractivity contribution in [2.24, 2.45) is 5.73 Å². The summed E-state index contributed by atoms with van der Waals surface area (Å²) in [6, 6.07) is 0. The van der Waals surface area contributed by atoms with Gasteiger partial charge in [-0.1, -0.05) is 0 Å². The van der Waals surface area contributed by atoms with E-state index in [0.29, 0.717) is 18.1 Å². The van der Waals surface area contributed by atoms with Gasteiger partial charge in [-0.25, -0.2) is 9.97 Å². The second kappa shape index (κ2) is 5.15. The molecule has 0 saturated heterocycles. The van der Waals surface area contributed by atoms with Gasteiger partial charge in [0.05, 0.1) is 13.7 Å². The van der Waals surface area contributed by atoms with E-state index in [0.717, 1.165) is 0 Å². The van der Waals surface area contributed by atoms with E-state index >= 15 is 0 Å². The van der Waals surface area contributed by atoms with E-state index in [1.807, 2.05) is 6.92 Å². The van der Waals surface area contributed by atoms with Gasteiger partial charge < -0.3 is 21.1 Å². The number of nitrogens with two attached hydrogens (primary N) is 2. The zero-order chi connectivity index (χ0) is 12.1. The highest BCUT2D eigenvalue weighted by Crippen LogP contribution is 2.29. The number of amides is 1. The van der Waals surface area contributed by atoms with Crippen molar-refractivity contribution in [2.45, 2.75) is 6.92 Å². The number of carbonyl (C=O) groups excluding carboxylic acids is 1. The van der Waals surface area contributed by atoms with Gasteiger partial charge in [0.2, 0.25) is 11.7 Å². The molecule has 0 aromatic carbocycles. The lowest BCUT2D eigenvalue weighted by atomic mass is 10.4. The van der Waals surface area contributed by atoms with Gasteiger partial charge in [0, 0.05) is 6.54 Å². The summed E-state index contributed by atoms with van der Waals surface area (Å²) in [4.78, 5) is 20.4. The van der Waals surface area contributed by atoms with Crippen molar-refractivity contribution in [2.75, 3.05) is 30.8 Å². The molecular weight excluding hydrogens is 210 g/mol. The highest BCUT2D eigenvalue weighted by atomic mass is 16.5. The minimum Gasteiger partial charge on any atom is -0.490 e. The van der Waals surface area contributed by atoms with Crippen molar-refractivity contribution in [3.8, 4) is 5.75 Å². The fourth-order valence-corrected chi connectivity index (χ4v) is 1.32. The number of nitrogen functional groups attached to an aromatic ring is 1. The number of nitrogens with zero attached hydrogens (tertiary/aromatic N) is 3. The normalized spacial score (nSPS) is 9.88. The molecule has 0 saturated carbocycles. The molecule has 0 atom stereocenters. The molecule has 1 heterocycles. The van der Waals surface area contributed by atoms with Crippen LogP contribution in [0.2, 0.25) is 0 Å². The Morgan fingerprint density at radius 3 is 2.75 bits per heavy atom. The monoisotopic (exact) mass is 225 g/mol. The molecule has 0 radical (unpaired) electrons. The summed E-state index contributed by atoms with van der Waals surface area (Å²) in [7, 11) is 1.47. The Morgan fingerprint density at radius 1 is 1.56 bits per heavy atom. The molecule has 1 rings (SSSR count). The summed E-state index contributed by atoms with van der Waals surface area (Å²) in [5.74, 6) is 0.610. The minimum atomic E-state index is -0.443. The first-order valence-corrected chi connectivity index (χ1v) is 4.77. The Kier molecular flexibility index (Phi) is 3.87. The average Bonchev–Trinajstić information content (AvgIpc) is 2.25. The molecule has 0 bridgehead atoms. The van der Waals surface area contributed by atoms with Gasteiger partial charge in [0.25, 0.3) is 0 Å². The van der Waals surface area contributed by atoms with Crippen molar-refractivity contribution in [3.63, 3.8) is 0 Å². The molecule has 0 fully saturated rings. The van der Waals surface area contributed by atoms with Crippen LogP contribution in [0.25, 0.3) is 0 Å². The number of hydrogen-bond donors (Lipinski definition) is 2. The second-order valence-electron chi connectivity index (χ2n) is 3.10. The highest BCUT2D eigenvalue weighted by Gasteiger charge is 2.16. The lowest BCUT2D eigenvalue weighted by molar-refractivity contribution is -0.116. The zero-order valence-electron chi connectivity index (χ0n) is 9.30. The van der Waals surface area contributed by atoms with Crippen LogP contribution in [0.15, 0.2) is 6.33 Å². The van der Waals surface area contributed by atoms with Crippen molar-refractivity contribution in [1.82, 2.24) is 9.97 Å². The van der Waals surface area contributed by atoms with Crippen LogP contribution >= 0.6 is 0 Å². The molecule has 88 valence electrons. The van der Waals surface area contributed by atoms with E-state index < -0.39 is 5.91 Å². The number of ether oxygens (including phenoxy) is 1. The minimum absolute atomic E-state index is 0.0588. The molecule has 7 nitrogen and oxygen atoms in total. The molecule has 0 aliphatic heterocycles. The van der Waals surface area contributed by atoms with E-state index in [4.69, 9.17) is 16.2 Å². The number of anilines is 2. The molecule has 7 heteroatoms. The summed E-state index contributed by atoms with van der Waals surface area (Å²) >= 11 is 0. The van der Waals surface area contributed by atoms with E-state index in [1.54, 1.807) is 4.90 Å². The third-order valence-electron chi connectivity index (χ3n) is 2.04. The molecule has 1 aromatic rings. The molecular formula is C9H15N5O2. The maximum Gasteiger partial charge on any atom is 0.237 e. The van der Waals surface area contributed by atoms with Gasteiger partial charge >= 0.3 is 0 Å². The number of aromatic nitrogens is 2. The third-order valence-corrected chi connectivity index (χ3v) is 2.04. The number of rotatable bonds is 5. The van der Waals surface area contributed by atoms with E-state index in [1.165, 1.54) is 13.4 Å². The van der Waals surface area contributed by atoms with Gasteiger partial charge in [-0.05, 0) is 6.92 Å². The SMILES string of the molecule is CCN(CC(N)=O)c1ncnc(N)c1OC. The van der Waals surface area contributed by atoms with Crippen LogP contribution in [0.3, 0.4) is 0 Å². The van der Waals surface area contributed by atoms with Gasteiger partial charge in [0.1, 0.15) is 6.33 Å². The first-order chi connectivity index (χ1) is 7.60. The molecule has 4 N–H and O–H groups in total. The number of carbonyl (C=O) groups is 1. The van der Waals surface area contributed by atoms with Crippen LogP contribution in [0.4, 0.5) is 11.6 Å². The summed E-state index contributed by atoms with van der Waals surface area (Å²) in [6.45, 7) is 2.50. The number of methoxy groups -OCH3 is 1. The summed E-state index contributed by atoms with van der Waals surface area (Å²) < 4.78 is 5.10. The second-order valence-corrected chi connectivity index (χ2v) is 3.10. The largest absolute Gasteiger partial charge is 0.490 e. The topological polar surface area (TPSA) is 107 Å². The van der Waals surface area contributed by atoms with Crippen LogP contribution in [-0.4, -0.2) is 36.1 Å².